The fourth-order valence-corrected chi connectivity index (χ4v) is 6.17. The largest absolute Gasteiger partial charge is 0.290 e. The Hall–Kier alpha value is -2.92. The minimum atomic E-state index is -0.337. The van der Waals surface area contributed by atoms with Crippen LogP contribution in [-0.4, -0.2) is 29.3 Å². The first-order valence-corrected chi connectivity index (χ1v) is 11.1. The van der Waals surface area contributed by atoms with Crippen LogP contribution in [0.4, 0.5) is 5.69 Å². The topological polar surface area (TPSA) is 57.7 Å². The molecule has 7 rings (SSSR count). The van der Waals surface area contributed by atoms with Gasteiger partial charge in [0.1, 0.15) is 6.67 Å². The van der Waals surface area contributed by atoms with Crippen LogP contribution in [0.15, 0.2) is 66.7 Å². The number of benzene rings is 2. The summed E-state index contributed by atoms with van der Waals surface area (Å²) in [5.41, 5.74) is 0.958. The Morgan fingerprint density at radius 1 is 0.903 bits per heavy atom. The minimum Gasteiger partial charge on any atom is -0.290 e. The molecule has 0 N–H and O–H groups in total. The van der Waals surface area contributed by atoms with E-state index in [1.165, 1.54) is 9.80 Å². The number of anilines is 1. The molecule has 1 heterocycles. The monoisotopic (exact) mass is 432 g/mol. The lowest BCUT2D eigenvalue weighted by Gasteiger charge is -2.37. The van der Waals surface area contributed by atoms with Gasteiger partial charge in [0, 0.05) is 5.69 Å². The number of imide groups is 1. The summed E-state index contributed by atoms with van der Waals surface area (Å²) in [6.45, 7) is -0.104. The number of halogens is 1. The van der Waals surface area contributed by atoms with E-state index in [9.17, 15) is 14.4 Å². The average molecular weight is 433 g/mol. The average Bonchev–Trinajstić information content (AvgIpc) is 3.58. The number of amides is 3. The molecule has 2 bridgehead atoms. The van der Waals surface area contributed by atoms with E-state index in [0.717, 1.165) is 6.42 Å². The van der Waals surface area contributed by atoms with Crippen molar-refractivity contribution in [3.05, 3.63) is 77.3 Å². The lowest BCUT2D eigenvalue weighted by molar-refractivity contribution is -0.140. The number of carbonyl (C=O) groups is 3. The molecular weight excluding hydrogens is 412 g/mol. The van der Waals surface area contributed by atoms with E-state index in [4.69, 9.17) is 11.6 Å². The normalized spacial score (nSPS) is 32.1. The molecule has 6 atom stereocenters. The van der Waals surface area contributed by atoms with Crippen LogP contribution >= 0.6 is 11.6 Å². The lowest BCUT2D eigenvalue weighted by atomic mass is 9.63. The van der Waals surface area contributed by atoms with Gasteiger partial charge in [0.25, 0.3) is 5.91 Å². The van der Waals surface area contributed by atoms with Crippen molar-refractivity contribution < 1.29 is 14.4 Å². The second-order valence-electron chi connectivity index (χ2n) is 8.95. The van der Waals surface area contributed by atoms with Gasteiger partial charge in [0.05, 0.1) is 22.4 Å². The number of hydrogen-bond donors (Lipinski definition) is 0. The molecular formula is C25H21ClN2O3. The van der Waals surface area contributed by atoms with E-state index in [0.29, 0.717) is 28.1 Å². The third-order valence-electron chi connectivity index (χ3n) is 7.45. The Bertz CT molecular complexity index is 1090. The molecule has 0 unspecified atom stereocenters. The molecule has 4 aliphatic carbocycles. The van der Waals surface area contributed by atoms with Gasteiger partial charge in [-0.05, 0) is 54.4 Å². The van der Waals surface area contributed by atoms with Crippen molar-refractivity contribution in [1.82, 2.24) is 4.90 Å². The van der Waals surface area contributed by atoms with Crippen LogP contribution in [0.2, 0.25) is 5.02 Å². The smallest absolute Gasteiger partial charge is 0.261 e. The molecule has 5 nitrogen and oxygen atoms in total. The Kier molecular flexibility index (Phi) is 4.12. The standard InChI is InChI=1S/C25H21ClN2O3/c26-20-9-5-4-8-17(20)23(29)27(14-6-2-1-3-7-14)13-28-24(30)21-15-10-11-16(19-12-18(15)19)22(21)25(28)31/h1-11,15-16,18-19,21-22H,12-13H2/t15-,16-,18-,19+,21+,22+/m1/s1. The van der Waals surface area contributed by atoms with Gasteiger partial charge in [-0.25, -0.2) is 0 Å². The first-order valence-electron chi connectivity index (χ1n) is 10.7. The van der Waals surface area contributed by atoms with Gasteiger partial charge >= 0.3 is 0 Å². The Morgan fingerprint density at radius 3 is 2.10 bits per heavy atom. The lowest BCUT2D eigenvalue weighted by Crippen LogP contribution is -2.45. The Morgan fingerprint density at radius 2 is 1.48 bits per heavy atom. The minimum absolute atomic E-state index is 0.104. The predicted octanol–water partition coefficient (Wildman–Crippen LogP) is 4.00. The van der Waals surface area contributed by atoms with Gasteiger partial charge in [-0.1, -0.05) is 54.1 Å². The summed E-state index contributed by atoms with van der Waals surface area (Å²) in [5, 5.41) is 0.337. The fourth-order valence-electron chi connectivity index (χ4n) is 5.95. The van der Waals surface area contributed by atoms with Gasteiger partial charge < -0.3 is 0 Å². The van der Waals surface area contributed by atoms with Gasteiger partial charge in [0.2, 0.25) is 11.8 Å². The highest BCUT2D eigenvalue weighted by molar-refractivity contribution is 6.34. The molecule has 0 radical (unpaired) electrons. The molecule has 1 saturated heterocycles. The summed E-state index contributed by atoms with van der Waals surface area (Å²) in [6, 6.07) is 15.9. The number of likely N-dealkylation sites (tertiary alicyclic amines) is 1. The summed E-state index contributed by atoms with van der Waals surface area (Å²) < 4.78 is 0. The van der Waals surface area contributed by atoms with E-state index in [1.54, 1.807) is 36.4 Å². The zero-order valence-corrected chi connectivity index (χ0v) is 17.5. The maximum absolute atomic E-state index is 13.5. The molecule has 156 valence electrons. The molecule has 5 aliphatic rings. The van der Waals surface area contributed by atoms with Gasteiger partial charge in [-0.15, -0.1) is 0 Å². The molecule has 3 fully saturated rings. The van der Waals surface area contributed by atoms with E-state index < -0.39 is 0 Å². The third-order valence-corrected chi connectivity index (χ3v) is 7.78. The first-order chi connectivity index (χ1) is 15.1. The number of carbonyl (C=O) groups excluding carboxylic acids is 3. The van der Waals surface area contributed by atoms with Crippen LogP contribution in [0, 0.1) is 35.5 Å². The number of hydrogen-bond acceptors (Lipinski definition) is 3. The quantitative estimate of drug-likeness (QED) is 0.542. The van der Waals surface area contributed by atoms with Crippen molar-refractivity contribution in [3.63, 3.8) is 0 Å². The van der Waals surface area contributed by atoms with E-state index in [-0.39, 0.29) is 48.1 Å². The summed E-state index contributed by atoms with van der Waals surface area (Å²) in [7, 11) is 0. The van der Waals surface area contributed by atoms with Gasteiger partial charge in [-0.3, -0.25) is 24.2 Å². The molecule has 3 amide bonds. The zero-order valence-electron chi connectivity index (χ0n) is 16.7. The van der Waals surface area contributed by atoms with Crippen molar-refractivity contribution in [2.45, 2.75) is 6.42 Å². The van der Waals surface area contributed by atoms with Crippen molar-refractivity contribution in [1.29, 1.82) is 0 Å². The van der Waals surface area contributed by atoms with Gasteiger partial charge in [0.15, 0.2) is 0 Å². The van der Waals surface area contributed by atoms with E-state index >= 15 is 0 Å². The first kappa shape index (κ1) is 18.8. The van der Waals surface area contributed by atoms with Crippen LogP contribution in [0.3, 0.4) is 0 Å². The summed E-state index contributed by atoms with van der Waals surface area (Å²) >= 11 is 6.29. The number of nitrogens with zero attached hydrogens (tertiary/aromatic N) is 2. The van der Waals surface area contributed by atoms with Crippen LogP contribution < -0.4 is 4.90 Å². The highest BCUT2D eigenvalue weighted by Crippen LogP contribution is 2.65. The van der Waals surface area contributed by atoms with E-state index in [2.05, 4.69) is 12.2 Å². The molecule has 0 spiro atoms. The van der Waals surface area contributed by atoms with Crippen molar-refractivity contribution in [2.75, 3.05) is 11.6 Å². The number of para-hydroxylation sites is 1. The highest BCUT2D eigenvalue weighted by Gasteiger charge is 2.67. The predicted molar refractivity (Wildman–Crippen MR) is 116 cm³/mol. The summed E-state index contributed by atoms with van der Waals surface area (Å²) in [5.74, 6) is 0.220. The second kappa shape index (κ2) is 6.79. The maximum Gasteiger partial charge on any atom is 0.261 e. The fraction of sp³-hybridized carbons (Fsp3) is 0.320. The Labute approximate surface area is 185 Å². The summed E-state index contributed by atoms with van der Waals surface area (Å²) in [6.07, 6.45) is 5.42. The molecule has 2 saturated carbocycles. The van der Waals surface area contributed by atoms with E-state index in [1.807, 2.05) is 18.2 Å². The number of rotatable bonds is 4. The molecule has 1 aliphatic heterocycles. The Balaban J connectivity index is 1.35. The molecule has 2 aromatic rings. The second-order valence-corrected chi connectivity index (χ2v) is 9.36. The van der Waals surface area contributed by atoms with Crippen LogP contribution in [-0.2, 0) is 9.59 Å². The SMILES string of the molecule is O=C1[C@H]2[C@@H]3C=C[C@H]([C@@H]4C[C@H]34)[C@@H]2C(=O)N1CN(C(=O)c1ccccc1Cl)c1ccccc1. The van der Waals surface area contributed by atoms with Crippen LogP contribution in [0.25, 0.3) is 0 Å². The summed E-state index contributed by atoms with van der Waals surface area (Å²) in [4.78, 5) is 43.0. The molecule has 31 heavy (non-hydrogen) atoms. The number of allylic oxidation sites excluding steroid dienone is 2. The molecule has 2 aromatic carbocycles. The zero-order chi connectivity index (χ0) is 21.3. The van der Waals surface area contributed by atoms with Crippen molar-refractivity contribution in [3.8, 4) is 0 Å². The van der Waals surface area contributed by atoms with Crippen LogP contribution in [0.1, 0.15) is 16.8 Å². The van der Waals surface area contributed by atoms with Crippen molar-refractivity contribution >= 4 is 35.0 Å². The molecule has 0 aromatic heterocycles. The highest BCUT2D eigenvalue weighted by atomic mass is 35.5. The maximum atomic E-state index is 13.5. The third kappa shape index (κ3) is 2.72. The van der Waals surface area contributed by atoms with Gasteiger partial charge in [-0.2, -0.15) is 0 Å². The van der Waals surface area contributed by atoms with Crippen molar-refractivity contribution in [2.24, 2.45) is 35.5 Å². The molecule has 6 heteroatoms. The van der Waals surface area contributed by atoms with Crippen LogP contribution in [0.5, 0.6) is 0 Å².